The van der Waals surface area contributed by atoms with E-state index in [0.717, 1.165) is 12.1 Å². The van der Waals surface area contributed by atoms with Gasteiger partial charge in [0.1, 0.15) is 23.4 Å². The van der Waals surface area contributed by atoms with Crippen LogP contribution in [0.2, 0.25) is 5.02 Å². The minimum absolute atomic E-state index is 0.0897. The van der Waals surface area contributed by atoms with Gasteiger partial charge in [-0.25, -0.2) is 8.78 Å². The summed E-state index contributed by atoms with van der Waals surface area (Å²) in [5.41, 5.74) is 1.15. The number of halogens is 3. The molecule has 1 aliphatic heterocycles. The highest BCUT2D eigenvalue weighted by molar-refractivity contribution is 6.33. The Morgan fingerprint density at radius 2 is 2.00 bits per heavy atom. The minimum Gasteiger partial charge on any atom is -0.421 e. The minimum atomic E-state index is -1.07. The highest BCUT2D eigenvalue weighted by Gasteiger charge is 2.28. The summed E-state index contributed by atoms with van der Waals surface area (Å²) in [7, 11) is 0. The van der Waals surface area contributed by atoms with E-state index in [9.17, 15) is 18.7 Å². The number of morpholine rings is 1. The summed E-state index contributed by atoms with van der Waals surface area (Å²) < 4.78 is 38.4. The van der Waals surface area contributed by atoms with Crippen LogP contribution in [0.3, 0.4) is 0 Å². The Kier molecular flexibility index (Phi) is 7.12. The zero-order valence-corrected chi connectivity index (χ0v) is 20.0. The number of hydrogen-bond acceptors (Lipinski definition) is 8. The molecule has 37 heavy (non-hydrogen) atoms. The van der Waals surface area contributed by atoms with Crippen LogP contribution in [0.1, 0.15) is 0 Å². The van der Waals surface area contributed by atoms with Crippen molar-refractivity contribution in [3.63, 3.8) is 0 Å². The second-order valence-corrected chi connectivity index (χ2v) is 8.53. The van der Waals surface area contributed by atoms with Crippen molar-refractivity contribution < 1.29 is 28.2 Å². The van der Waals surface area contributed by atoms with Gasteiger partial charge in [0.05, 0.1) is 30.2 Å². The molecular weight excluding hydrogens is 510 g/mol. The molecule has 10 nitrogen and oxygen atoms in total. The number of benzene rings is 2. The molecular formula is C24H21ClF2N6O4. The van der Waals surface area contributed by atoms with Crippen molar-refractivity contribution in [2.75, 3.05) is 38.2 Å². The molecule has 0 spiro atoms. The third-order valence-electron chi connectivity index (χ3n) is 5.74. The number of aliphatic hydroxyl groups excluding tert-OH is 1. The summed E-state index contributed by atoms with van der Waals surface area (Å²) in [4.78, 5) is 23.3. The molecule has 0 unspecified atom stereocenters. The van der Waals surface area contributed by atoms with E-state index in [0.29, 0.717) is 54.0 Å². The first-order chi connectivity index (χ1) is 17.9. The molecule has 1 fully saturated rings. The Hall–Kier alpha value is -3.87. The first-order valence-corrected chi connectivity index (χ1v) is 11.7. The number of carbonyl (C=O) groups is 1. The van der Waals surface area contributed by atoms with Crippen molar-refractivity contribution in [1.29, 1.82) is 0 Å². The van der Waals surface area contributed by atoms with Gasteiger partial charge in [-0.05, 0) is 18.2 Å². The lowest BCUT2D eigenvalue weighted by Gasteiger charge is -2.30. The Morgan fingerprint density at radius 1 is 1.22 bits per heavy atom. The van der Waals surface area contributed by atoms with Gasteiger partial charge in [0.25, 0.3) is 0 Å². The SMILES string of the molecule is O=C([C@H](CO)Nc1nc(Oc2ccc(F)cc2F)nc2[nH]nc(-c3ccccc3Cl)c12)N1CCOCC1. The second kappa shape index (κ2) is 10.6. The summed E-state index contributed by atoms with van der Waals surface area (Å²) in [5, 5.41) is 20.9. The fourth-order valence-electron chi connectivity index (χ4n) is 3.92. The molecule has 4 aromatic rings. The molecule has 0 radical (unpaired) electrons. The molecule has 3 heterocycles. The van der Waals surface area contributed by atoms with Crippen LogP contribution in [0.4, 0.5) is 14.6 Å². The van der Waals surface area contributed by atoms with E-state index in [1.165, 1.54) is 0 Å². The topological polar surface area (TPSA) is 125 Å². The number of carbonyl (C=O) groups excluding carboxylic acids is 1. The van der Waals surface area contributed by atoms with E-state index in [2.05, 4.69) is 25.5 Å². The van der Waals surface area contributed by atoms with Crippen LogP contribution in [0.15, 0.2) is 42.5 Å². The number of amides is 1. The largest absolute Gasteiger partial charge is 0.421 e. The van der Waals surface area contributed by atoms with Gasteiger partial charge in [-0.3, -0.25) is 9.89 Å². The molecule has 5 rings (SSSR count). The highest BCUT2D eigenvalue weighted by Crippen LogP contribution is 2.36. The summed E-state index contributed by atoms with van der Waals surface area (Å²) in [5.74, 6) is -2.29. The van der Waals surface area contributed by atoms with E-state index >= 15 is 0 Å². The zero-order chi connectivity index (χ0) is 25.9. The number of aromatic amines is 1. The zero-order valence-electron chi connectivity index (χ0n) is 19.2. The van der Waals surface area contributed by atoms with Crippen molar-refractivity contribution in [2.45, 2.75) is 6.04 Å². The second-order valence-electron chi connectivity index (χ2n) is 8.12. The Morgan fingerprint density at radius 3 is 2.73 bits per heavy atom. The molecule has 2 aromatic carbocycles. The number of nitrogens with one attached hydrogen (secondary N) is 2. The molecule has 192 valence electrons. The highest BCUT2D eigenvalue weighted by atomic mass is 35.5. The molecule has 1 saturated heterocycles. The van der Waals surface area contributed by atoms with Crippen molar-refractivity contribution >= 4 is 34.4 Å². The van der Waals surface area contributed by atoms with Crippen LogP contribution in [0, 0.1) is 11.6 Å². The van der Waals surface area contributed by atoms with Crippen LogP contribution in [0.25, 0.3) is 22.3 Å². The summed E-state index contributed by atoms with van der Waals surface area (Å²) in [6, 6.07) is 8.43. The fraction of sp³-hybridized carbons (Fsp3) is 0.250. The summed E-state index contributed by atoms with van der Waals surface area (Å²) in [6.45, 7) is 1.00. The smallest absolute Gasteiger partial charge is 0.326 e. The lowest BCUT2D eigenvalue weighted by molar-refractivity contribution is -0.136. The Labute approximate surface area is 214 Å². The molecule has 1 amide bonds. The number of rotatable bonds is 7. The van der Waals surface area contributed by atoms with Crippen molar-refractivity contribution in [3.8, 4) is 23.0 Å². The number of ether oxygens (including phenoxy) is 2. The Bertz CT molecular complexity index is 1450. The maximum absolute atomic E-state index is 14.2. The average Bonchev–Trinajstić information content (AvgIpc) is 3.33. The van der Waals surface area contributed by atoms with Gasteiger partial charge in [0.15, 0.2) is 17.2 Å². The lowest BCUT2D eigenvalue weighted by atomic mass is 10.1. The van der Waals surface area contributed by atoms with Gasteiger partial charge in [0.2, 0.25) is 5.91 Å². The maximum atomic E-state index is 14.2. The number of aliphatic hydroxyl groups is 1. The van der Waals surface area contributed by atoms with E-state index < -0.39 is 24.3 Å². The molecule has 1 atom stereocenters. The van der Waals surface area contributed by atoms with Crippen molar-refractivity contribution in [2.24, 2.45) is 0 Å². The molecule has 3 N–H and O–H groups in total. The number of aromatic nitrogens is 4. The molecule has 2 aromatic heterocycles. The fourth-order valence-corrected chi connectivity index (χ4v) is 4.14. The van der Waals surface area contributed by atoms with Crippen LogP contribution in [-0.2, 0) is 9.53 Å². The molecule has 0 bridgehead atoms. The predicted octanol–water partition coefficient (Wildman–Crippen LogP) is 3.38. The maximum Gasteiger partial charge on any atom is 0.326 e. The molecule has 0 aliphatic carbocycles. The van der Waals surface area contributed by atoms with Crippen LogP contribution < -0.4 is 10.1 Å². The summed E-state index contributed by atoms with van der Waals surface area (Å²) in [6.07, 6.45) is 0. The van der Waals surface area contributed by atoms with Crippen molar-refractivity contribution in [1.82, 2.24) is 25.1 Å². The number of nitrogens with zero attached hydrogens (tertiary/aromatic N) is 4. The third kappa shape index (κ3) is 5.17. The average molecular weight is 531 g/mol. The van der Waals surface area contributed by atoms with Gasteiger partial charge in [0, 0.05) is 24.7 Å². The normalized spacial score (nSPS) is 14.5. The van der Waals surface area contributed by atoms with E-state index in [1.807, 2.05) is 0 Å². The van der Waals surface area contributed by atoms with E-state index in [-0.39, 0.29) is 29.1 Å². The molecule has 13 heteroatoms. The van der Waals surface area contributed by atoms with E-state index in [4.69, 9.17) is 21.1 Å². The van der Waals surface area contributed by atoms with Gasteiger partial charge in [-0.2, -0.15) is 15.1 Å². The molecule has 0 saturated carbocycles. The van der Waals surface area contributed by atoms with Crippen LogP contribution >= 0.6 is 11.6 Å². The van der Waals surface area contributed by atoms with Gasteiger partial charge >= 0.3 is 6.01 Å². The van der Waals surface area contributed by atoms with Gasteiger partial charge in [-0.15, -0.1) is 0 Å². The monoisotopic (exact) mass is 530 g/mol. The Balaban J connectivity index is 1.58. The quantitative estimate of drug-likeness (QED) is 0.332. The third-order valence-corrected chi connectivity index (χ3v) is 6.07. The first-order valence-electron chi connectivity index (χ1n) is 11.3. The van der Waals surface area contributed by atoms with Gasteiger partial charge in [-0.1, -0.05) is 29.8 Å². The summed E-state index contributed by atoms with van der Waals surface area (Å²) >= 11 is 6.40. The predicted molar refractivity (Wildman–Crippen MR) is 130 cm³/mol. The number of H-pyrrole nitrogens is 1. The van der Waals surface area contributed by atoms with Crippen molar-refractivity contribution in [3.05, 3.63) is 59.1 Å². The van der Waals surface area contributed by atoms with E-state index in [1.54, 1.807) is 29.2 Å². The van der Waals surface area contributed by atoms with Gasteiger partial charge < -0.3 is 24.8 Å². The molecule has 1 aliphatic rings. The standard InChI is InChI=1S/C24H21ClF2N6O4/c25-15-4-2-1-3-14(15)20-19-21(28-17(12-34)23(35)33-7-9-36-10-8-33)29-24(30-22(19)32-31-20)37-18-6-5-13(26)11-16(18)27/h1-6,11,17,34H,7-10,12H2,(H2,28,29,30,31,32)/t17-/m0/s1. The number of hydrogen-bond donors (Lipinski definition) is 3. The van der Waals surface area contributed by atoms with Crippen LogP contribution in [0.5, 0.6) is 11.8 Å². The number of anilines is 1. The first kappa shape index (κ1) is 24.8. The lowest BCUT2D eigenvalue weighted by Crippen LogP contribution is -2.49. The number of fused-ring (bicyclic) bond motifs is 1. The van der Waals surface area contributed by atoms with Crippen LogP contribution in [-0.4, -0.2) is 75.0 Å².